The van der Waals surface area contributed by atoms with E-state index in [0.717, 1.165) is 34.1 Å². The first-order valence-electron chi connectivity index (χ1n) is 11.0. The molecule has 2 atom stereocenters. The predicted octanol–water partition coefficient (Wildman–Crippen LogP) is 3.50. The molecule has 5 rings (SSSR count). The van der Waals surface area contributed by atoms with Crippen LogP contribution in [0.3, 0.4) is 0 Å². The number of aromatic nitrogens is 1. The molecule has 0 radical (unpaired) electrons. The Morgan fingerprint density at radius 1 is 1.09 bits per heavy atom. The summed E-state index contributed by atoms with van der Waals surface area (Å²) in [6.45, 7) is 0.419. The van der Waals surface area contributed by atoms with Gasteiger partial charge in [-0.3, -0.25) is 9.79 Å². The molecular formula is C27H27FN4O2. The van der Waals surface area contributed by atoms with Crippen molar-refractivity contribution < 1.29 is 14.7 Å². The minimum atomic E-state index is -0.298. The second-order valence-corrected chi connectivity index (χ2v) is 8.32. The molecule has 0 fully saturated rings. The standard InChI is InChI=1S/C27H25FN4O.H2O/c1-32-25-13-7-4-10-21(25)27(20-9-2-5-11-22(20)28)30-16-26(32)24(31-17-33)14-18-15-29-23-12-6-3-8-19(18)23;/h2-13,15,17,24,26,29H,14,16H2,1H3,(H,31,33);1H2. The second kappa shape index (κ2) is 9.89. The fourth-order valence-electron chi connectivity index (χ4n) is 4.76. The molecule has 3 aromatic carbocycles. The van der Waals surface area contributed by atoms with Gasteiger partial charge < -0.3 is 20.7 Å². The Kier molecular flexibility index (Phi) is 6.75. The number of halogens is 1. The molecule has 1 aliphatic rings. The van der Waals surface area contributed by atoms with Crippen molar-refractivity contribution in [2.75, 3.05) is 18.5 Å². The fourth-order valence-corrected chi connectivity index (χ4v) is 4.76. The van der Waals surface area contributed by atoms with E-state index >= 15 is 0 Å². The lowest BCUT2D eigenvalue weighted by Gasteiger charge is -2.34. The number of amides is 1. The van der Waals surface area contributed by atoms with E-state index in [2.05, 4.69) is 21.3 Å². The average Bonchev–Trinajstić information content (AvgIpc) is 3.18. The summed E-state index contributed by atoms with van der Waals surface area (Å²) in [5, 5.41) is 4.17. The summed E-state index contributed by atoms with van der Waals surface area (Å²) in [5.74, 6) is -0.298. The van der Waals surface area contributed by atoms with Crippen molar-refractivity contribution in [1.82, 2.24) is 10.3 Å². The van der Waals surface area contributed by atoms with Gasteiger partial charge in [0.05, 0.1) is 24.3 Å². The number of benzodiazepines with no additional fused rings is 1. The minimum Gasteiger partial charge on any atom is -0.412 e. The SMILES string of the molecule is CN1c2ccccc2C(c2ccccc2F)=NCC1C(Cc1c[nH]c2ccccc12)NC=O.O. The Hall–Kier alpha value is -3.97. The number of hydrogen-bond acceptors (Lipinski definition) is 3. The van der Waals surface area contributed by atoms with Gasteiger partial charge in [0.1, 0.15) is 5.82 Å². The van der Waals surface area contributed by atoms with Crippen molar-refractivity contribution in [2.24, 2.45) is 4.99 Å². The second-order valence-electron chi connectivity index (χ2n) is 8.32. The predicted molar refractivity (Wildman–Crippen MR) is 134 cm³/mol. The van der Waals surface area contributed by atoms with E-state index in [1.54, 1.807) is 12.1 Å². The summed E-state index contributed by atoms with van der Waals surface area (Å²) < 4.78 is 14.7. The third-order valence-corrected chi connectivity index (χ3v) is 6.46. The van der Waals surface area contributed by atoms with Crippen LogP contribution in [0.5, 0.6) is 0 Å². The molecule has 4 N–H and O–H groups in total. The number of fused-ring (bicyclic) bond motifs is 2. The maximum atomic E-state index is 14.7. The summed E-state index contributed by atoms with van der Waals surface area (Å²) in [6, 6.07) is 22.5. The van der Waals surface area contributed by atoms with Crippen LogP contribution in [-0.4, -0.2) is 48.3 Å². The van der Waals surface area contributed by atoms with Gasteiger partial charge >= 0.3 is 0 Å². The molecule has 0 saturated carbocycles. The van der Waals surface area contributed by atoms with E-state index in [1.165, 1.54) is 6.07 Å². The Morgan fingerprint density at radius 2 is 1.79 bits per heavy atom. The molecule has 34 heavy (non-hydrogen) atoms. The van der Waals surface area contributed by atoms with Gasteiger partial charge in [-0.05, 0) is 36.2 Å². The van der Waals surface area contributed by atoms with Crippen molar-refractivity contribution in [3.63, 3.8) is 0 Å². The Labute approximate surface area is 197 Å². The van der Waals surface area contributed by atoms with Crippen molar-refractivity contribution in [3.05, 3.63) is 102 Å². The Bertz CT molecular complexity index is 1330. The van der Waals surface area contributed by atoms with E-state index < -0.39 is 0 Å². The summed E-state index contributed by atoms with van der Waals surface area (Å²) in [6.07, 6.45) is 3.40. The van der Waals surface area contributed by atoms with Gasteiger partial charge in [0.2, 0.25) is 6.41 Å². The number of hydrogen-bond donors (Lipinski definition) is 2. The van der Waals surface area contributed by atoms with Crippen LogP contribution in [-0.2, 0) is 11.2 Å². The molecular weight excluding hydrogens is 431 g/mol. The van der Waals surface area contributed by atoms with E-state index in [-0.39, 0.29) is 23.4 Å². The lowest BCUT2D eigenvalue weighted by Crippen LogP contribution is -2.51. The monoisotopic (exact) mass is 458 g/mol. The number of likely N-dealkylation sites (N-methyl/N-ethyl adjacent to an activating group) is 1. The topological polar surface area (TPSA) is 92.0 Å². The Balaban J connectivity index is 0.00000274. The van der Waals surface area contributed by atoms with Gasteiger partial charge in [-0.15, -0.1) is 0 Å². The first-order valence-corrected chi connectivity index (χ1v) is 11.0. The summed E-state index contributed by atoms with van der Waals surface area (Å²) in [5.41, 5.74) is 5.15. The third kappa shape index (κ3) is 4.18. The first kappa shape index (κ1) is 23.2. The number of anilines is 1. The molecule has 0 aliphatic carbocycles. The van der Waals surface area contributed by atoms with Gasteiger partial charge in [-0.25, -0.2) is 4.39 Å². The number of H-pyrrole nitrogens is 1. The molecule has 1 amide bonds. The highest BCUT2D eigenvalue weighted by Gasteiger charge is 2.31. The van der Waals surface area contributed by atoms with Crippen LogP contribution in [0.15, 0.2) is 84.0 Å². The number of carbonyl (C=O) groups is 1. The van der Waals surface area contributed by atoms with E-state index in [4.69, 9.17) is 4.99 Å². The zero-order chi connectivity index (χ0) is 22.8. The summed E-state index contributed by atoms with van der Waals surface area (Å²) in [7, 11) is 2.01. The lowest BCUT2D eigenvalue weighted by atomic mass is 9.97. The fraction of sp³-hybridized carbons (Fsp3) is 0.185. The van der Waals surface area contributed by atoms with Crippen molar-refractivity contribution in [1.29, 1.82) is 0 Å². The molecule has 0 spiro atoms. The van der Waals surface area contributed by atoms with Crippen molar-refractivity contribution in [3.8, 4) is 0 Å². The molecule has 4 aromatic rings. The van der Waals surface area contributed by atoms with Gasteiger partial charge in [-0.2, -0.15) is 0 Å². The number of para-hydroxylation sites is 2. The molecule has 0 bridgehead atoms. The van der Waals surface area contributed by atoms with Crippen LogP contribution in [0.4, 0.5) is 10.1 Å². The number of aliphatic imine (C=N–C) groups is 1. The molecule has 2 heterocycles. The van der Waals surface area contributed by atoms with Crippen LogP contribution in [0.25, 0.3) is 10.9 Å². The van der Waals surface area contributed by atoms with Crippen LogP contribution in [0.2, 0.25) is 0 Å². The highest BCUT2D eigenvalue weighted by molar-refractivity contribution is 6.16. The average molecular weight is 459 g/mol. The normalized spacial score (nSPS) is 16.1. The van der Waals surface area contributed by atoms with Crippen LogP contribution < -0.4 is 10.2 Å². The van der Waals surface area contributed by atoms with Gasteiger partial charge in [0.25, 0.3) is 0 Å². The zero-order valence-corrected chi connectivity index (χ0v) is 18.8. The molecule has 7 heteroatoms. The highest BCUT2D eigenvalue weighted by atomic mass is 19.1. The van der Waals surface area contributed by atoms with Crippen molar-refractivity contribution >= 4 is 28.7 Å². The van der Waals surface area contributed by atoms with E-state index in [1.807, 2.05) is 61.8 Å². The molecule has 1 aliphatic heterocycles. The van der Waals surface area contributed by atoms with Gasteiger partial charge in [-0.1, -0.05) is 48.5 Å². The Morgan fingerprint density at radius 3 is 2.59 bits per heavy atom. The number of carbonyl (C=O) groups excluding carboxylic acids is 1. The maximum absolute atomic E-state index is 14.7. The van der Waals surface area contributed by atoms with Gasteiger partial charge in [0.15, 0.2) is 0 Å². The van der Waals surface area contributed by atoms with Crippen LogP contribution >= 0.6 is 0 Å². The molecule has 2 unspecified atom stereocenters. The third-order valence-electron chi connectivity index (χ3n) is 6.46. The number of aromatic amines is 1. The number of nitrogens with one attached hydrogen (secondary N) is 2. The lowest BCUT2D eigenvalue weighted by molar-refractivity contribution is -0.110. The van der Waals surface area contributed by atoms with E-state index in [0.29, 0.717) is 24.2 Å². The molecule has 1 aromatic heterocycles. The smallest absolute Gasteiger partial charge is 0.207 e. The van der Waals surface area contributed by atoms with Crippen LogP contribution in [0, 0.1) is 5.82 Å². The number of rotatable bonds is 6. The molecule has 174 valence electrons. The number of nitrogens with zero attached hydrogens (tertiary/aromatic N) is 2. The van der Waals surface area contributed by atoms with E-state index in [9.17, 15) is 9.18 Å². The maximum Gasteiger partial charge on any atom is 0.207 e. The highest BCUT2D eigenvalue weighted by Crippen LogP contribution is 2.30. The van der Waals surface area contributed by atoms with Crippen molar-refractivity contribution in [2.45, 2.75) is 18.5 Å². The quantitative estimate of drug-likeness (QED) is 0.433. The first-order chi connectivity index (χ1) is 16.2. The minimum absolute atomic E-state index is 0. The zero-order valence-electron chi connectivity index (χ0n) is 18.8. The molecule has 0 saturated heterocycles. The number of benzene rings is 3. The summed E-state index contributed by atoms with van der Waals surface area (Å²) >= 11 is 0. The van der Waals surface area contributed by atoms with Gasteiger partial charge in [0, 0.05) is 41.0 Å². The summed E-state index contributed by atoms with van der Waals surface area (Å²) in [4.78, 5) is 22.0. The molecule has 6 nitrogen and oxygen atoms in total. The van der Waals surface area contributed by atoms with Crippen LogP contribution in [0.1, 0.15) is 16.7 Å². The largest absolute Gasteiger partial charge is 0.412 e.